The quantitative estimate of drug-likeness (QED) is 0.149. The van der Waals surface area contributed by atoms with E-state index in [4.69, 9.17) is 20.1 Å². The molecule has 1 aliphatic carbocycles. The summed E-state index contributed by atoms with van der Waals surface area (Å²) in [6.07, 6.45) is 5.59. The minimum Gasteiger partial charge on any atom is -0.456 e. The Bertz CT molecular complexity index is 2640. The Hall–Kier alpha value is -5.78. The highest BCUT2D eigenvalue weighted by Crippen LogP contribution is 2.38. The maximum Gasteiger partial charge on any atom is 0.157 e. The van der Waals surface area contributed by atoms with Crippen LogP contribution in [0.15, 0.2) is 148 Å². The van der Waals surface area contributed by atoms with Crippen molar-refractivity contribution in [3.63, 3.8) is 0 Å². The zero-order valence-electron chi connectivity index (χ0n) is 27.1. The fraction of sp³-hybridized carbons (Fsp3) is 0.0909. The van der Waals surface area contributed by atoms with Crippen LogP contribution in [0.2, 0.25) is 0 Å². The number of aliphatic imine (C=N–C) groups is 2. The third-order valence-corrected chi connectivity index (χ3v) is 10.9. The van der Waals surface area contributed by atoms with Crippen molar-refractivity contribution in [2.75, 3.05) is 0 Å². The topological polar surface area (TPSA) is 63.9 Å². The molecule has 0 spiro atoms. The van der Waals surface area contributed by atoms with E-state index < -0.39 is 0 Å². The first-order valence-electron chi connectivity index (χ1n) is 16.7. The predicted octanol–water partition coefficient (Wildman–Crippen LogP) is 11.5. The van der Waals surface area contributed by atoms with E-state index in [1.807, 2.05) is 42.5 Å². The van der Waals surface area contributed by atoms with Crippen LogP contribution < -0.4 is 5.73 Å². The largest absolute Gasteiger partial charge is 0.456 e. The van der Waals surface area contributed by atoms with E-state index >= 15 is 0 Å². The number of allylic oxidation sites excluding steroid dienone is 1. The van der Waals surface area contributed by atoms with Gasteiger partial charge in [0.05, 0.1) is 6.54 Å². The van der Waals surface area contributed by atoms with Crippen molar-refractivity contribution in [1.82, 2.24) is 0 Å². The Kier molecular flexibility index (Phi) is 7.21. The fourth-order valence-electron chi connectivity index (χ4n) is 7.13. The third kappa shape index (κ3) is 5.24. The molecule has 236 valence electrons. The standard InChI is InChI=1S/C44H33N3OS/c1-27-10-7-13-28-20-21-30(24-36(27)28)31-22-23-38-37(25-31)41-32(14-8-18-39(41)48-38)26-46-44(29-11-3-2-4-12-29)47-43(45)35-17-9-16-34-33-15-5-6-19-40(33)49-42(34)35/h2-9,11-25,27H,10,26H2,1H3,(H2,45,46,47). The van der Waals surface area contributed by atoms with Crippen LogP contribution in [0, 0.1) is 0 Å². The molecule has 1 atom stereocenters. The summed E-state index contributed by atoms with van der Waals surface area (Å²) in [7, 11) is 0. The Labute approximate surface area is 288 Å². The molecule has 0 fully saturated rings. The fourth-order valence-corrected chi connectivity index (χ4v) is 8.36. The molecule has 5 heteroatoms. The van der Waals surface area contributed by atoms with Crippen LogP contribution in [0.25, 0.3) is 59.3 Å². The predicted molar refractivity (Wildman–Crippen MR) is 208 cm³/mol. The molecule has 4 nitrogen and oxygen atoms in total. The minimum absolute atomic E-state index is 0.424. The van der Waals surface area contributed by atoms with Gasteiger partial charge in [0.2, 0.25) is 0 Å². The summed E-state index contributed by atoms with van der Waals surface area (Å²) in [5, 5.41) is 4.59. The molecule has 0 bridgehead atoms. The summed E-state index contributed by atoms with van der Waals surface area (Å²) in [4.78, 5) is 10.1. The first-order chi connectivity index (χ1) is 24.1. The summed E-state index contributed by atoms with van der Waals surface area (Å²) in [6, 6.07) is 44.4. The van der Waals surface area contributed by atoms with Gasteiger partial charge in [0.1, 0.15) is 17.0 Å². The van der Waals surface area contributed by atoms with Crippen molar-refractivity contribution < 1.29 is 4.42 Å². The van der Waals surface area contributed by atoms with Gasteiger partial charge in [-0.25, -0.2) is 4.99 Å². The van der Waals surface area contributed by atoms with Crippen LogP contribution in [0.3, 0.4) is 0 Å². The molecule has 0 aliphatic heterocycles. The van der Waals surface area contributed by atoms with Crippen LogP contribution in [0.1, 0.15) is 47.1 Å². The molecule has 0 radical (unpaired) electrons. The second-order valence-electron chi connectivity index (χ2n) is 12.8. The highest BCUT2D eigenvalue weighted by molar-refractivity contribution is 7.26. The normalized spacial score (nSPS) is 15.1. The number of nitrogens with two attached hydrogens (primary N) is 1. The second kappa shape index (κ2) is 12.0. The molecule has 49 heavy (non-hydrogen) atoms. The van der Waals surface area contributed by atoms with Crippen LogP contribution in [0.5, 0.6) is 0 Å². The number of amidine groups is 2. The number of hydrogen-bond donors (Lipinski definition) is 1. The van der Waals surface area contributed by atoms with Gasteiger partial charge in [0.15, 0.2) is 5.84 Å². The van der Waals surface area contributed by atoms with E-state index in [0.717, 1.165) is 49.7 Å². The Morgan fingerprint density at radius 2 is 1.57 bits per heavy atom. The summed E-state index contributed by atoms with van der Waals surface area (Å²) in [5.41, 5.74) is 16.6. The molecule has 0 amide bonds. The lowest BCUT2D eigenvalue weighted by Crippen LogP contribution is -2.16. The number of hydrogen-bond acceptors (Lipinski definition) is 3. The molecule has 0 saturated heterocycles. The van der Waals surface area contributed by atoms with Gasteiger partial charge >= 0.3 is 0 Å². The maximum absolute atomic E-state index is 6.82. The van der Waals surface area contributed by atoms with Crippen LogP contribution in [0.4, 0.5) is 0 Å². The average molecular weight is 652 g/mol. The molecule has 6 aromatic carbocycles. The average Bonchev–Trinajstić information content (AvgIpc) is 3.72. The molecule has 2 N–H and O–H groups in total. The van der Waals surface area contributed by atoms with Gasteiger partial charge in [-0.15, -0.1) is 11.3 Å². The SMILES string of the molecule is CC1CC=Cc2ccc(-c3ccc4oc5cccc(CN=C(N=C(N)c6cccc7c6sc6ccccc67)c6ccccc6)c5c4c3)cc21. The van der Waals surface area contributed by atoms with Crippen molar-refractivity contribution >= 4 is 71.2 Å². The van der Waals surface area contributed by atoms with Crippen molar-refractivity contribution in [2.45, 2.75) is 25.8 Å². The lowest BCUT2D eigenvalue weighted by molar-refractivity contribution is 0.668. The molecule has 9 rings (SSSR count). The Balaban J connectivity index is 1.13. The van der Waals surface area contributed by atoms with Crippen LogP contribution >= 0.6 is 11.3 Å². The van der Waals surface area contributed by atoms with Crippen molar-refractivity contribution in [2.24, 2.45) is 15.7 Å². The van der Waals surface area contributed by atoms with E-state index in [2.05, 4.69) is 104 Å². The summed E-state index contributed by atoms with van der Waals surface area (Å²) in [5.74, 6) is 1.56. The first-order valence-corrected chi connectivity index (χ1v) is 17.5. The summed E-state index contributed by atoms with van der Waals surface area (Å²) >= 11 is 1.75. The number of thiophene rings is 1. The highest BCUT2D eigenvalue weighted by atomic mass is 32.1. The van der Waals surface area contributed by atoms with Gasteiger partial charge in [0, 0.05) is 42.1 Å². The first kappa shape index (κ1) is 29.4. The second-order valence-corrected chi connectivity index (χ2v) is 13.8. The zero-order valence-corrected chi connectivity index (χ0v) is 27.9. The number of benzene rings is 6. The van der Waals surface area contributed by atoms with Gasteiger partial charge in [0.25, 0.3) is 0 Å². The molecule has 2 aromatic heterocycles. The summed E-state index contributed by atoms with van der Waals surface area (Å²) in [6.45, 7) is 2.73. The smallest absolute Gasteiger partial charge is 0.157 e. The van der Waals surface area contributed by atoms with E-state index in [1.165, 1.54) is 37.7 Å². The van der Waals surface area contributed by atoms with Gasteiger partial charge in [-0.05, 0) is 70.5 Å². The maximum atomic E-state index is 6.82. The monoisotopic (exact) mass is 651 g/mol. The van der Waals surface area contributed by atoms with E-state index in [0.29, 0.717) is 24.1 Å². The number of furan rings is 1. The van der Waals surface area contributed by atoms with Gasteiger partial charge in [-0.2, -0.15) is 0 Å². The molecule has 2 heterocycles. The zero-order chi connectivity index (χ0) is 32.9. The lowest BCUT2D eigenvalue weighted by atomic mass is 9.86. The summed E-state index contributed by atoms with van der Waals surface area (Å²) < 4.78 is 8.73. The van der Waals surface area contributed by atoms with Gasteiger partial charge in [-0.3, -0.25) is 4.99 Å². The van der Waals surface area contributed by atoms with Crippen molar-refractivity contribution in [3.05, 3.63) is 161 Å². The number of rotatable bonds is 5. The number of nitrogens with zero attached hydrogens (tertiary/aromatic N) is 2. The van der Waals surface area contributed by atoms with E-state index in [1.54, 1.807) is 11.3 Å². The van der Waals surface area contributed by atoms with Gasteiger partial charge in [-0.1, -0.05) is 116 Å². The molecule has 8 aromatic rings. The molecule has 1 unspecified atom stereocenters. The van der Waals surface area contributed by atoms with E-state index in [-0.39, 0.29) is 0 Å². The lowest BCUT2D eigenvalue weighted by Gasteiger charge is -2.19. The third-order valence-electron chi connectivity index (χ3n) is 9.66. The molecular weight excluding hydrogens is 619 g/mol. The van der Waals surface area contributed by atoms with Crippen LogP contribution in [-0.2, 0) is 6.54 Å². The Morgan fingerprint density at radius 3 is 2.49 bits per heavy atom. The van der Waals surface area contributed by atoms with Crippen LogP contribution in [-0.4, -0.2) is 11.7 Å². The van der Waals surface area contributed by atoms with Crippen molar-refractivity contribution in [3.8, 4) is 11.1 Å². The van der Waals surface area contributed by atoms with E-state index in [9.17, 15) is 0 Å². The molecule has 0 saturated carbocycles. The molecular formula is C44H33N3OS. The van der Waals surface area contributed by atoms with Gasteiger partial charge < -0.3 is 10.2 Å². The number of fused-ring (bicyclic) bond motifs is 7. The minimum atomic E-state index is 0.424. The van der Waals surface area contributed by atoms with Crippen molar-refractivity contribution in [1.29, 1.82) is 0 Å². The molecule has 1 aliphatic rings. The highest BCUT2D eigenvalue weighted by Gasteiger charge is 2.17. The Morgan fingerprint density at radius 1 is 0.776 bits per heavy atom.